The number of aromatic nitrogens is 5. The van der Waals surface area contributed by atoms with Gasteiger partial charge in [-0.25, -0.2) is 13.8 Å². The number of nitrogen functional groups attached to an aromatic ring is 1. The number of aliphatic hydroxyl groups is 2. The fraction of sp³-hybridized carbons (Fsp3) is 0.333. The third-order valence-electron chi connectivity index (χ3n) is 7.33. The molecule has 0 aliphatic carbocycles. The summed E-state index contributed by atoms with van der Waals surface area (Å²) in [6.45, 7) is 2.62. The van der Waals surface area contributed by atoms with Gasteiger partial charge in [0.1, 0.15) is 28.4 Å². The highest BCUT2D eigenvalue weighted by atomic mass is 19.1. The lowest BCUT2D eigenvalue weighted by Crippen LogP contribution is -2.47. The van der Waals surface area contributed by atoms with Gasteiger partial charge >= 0.3 is 0 Å². The van der Waals surface area contributed by atoms with Crippen LogP contribution in [0.3, 0.4) is 0 Å². The first-order valence-corrected chi connectivity index (χ1v) is 13.4. The molecule has 15 heteroatoms. The molecule has 5 heterocycles. The Bertz CT molecular complexity index is 1730. The Morgan fingerprint density at radius 2 is 1.95 bits per heavy atom. The number of nitrogens with two attached hydrogens (primary N) is 1. The molecule has 5 N–H and O–H groups in total. The second kappa shape index (κ2) is 11.3. The van der Waals surface area contributed by atoms with Gasteiger partial charge in [0.2, 0.25) is 5.95 Å². The first-order chi connectivity index (χ1) is 20.3. The molecule has 0 spiro atoms. The lowest BCUT2D eigenvalue weighted by atomic mass is 10.1. The number of carbonyl (C=O) groups excluding carboxylic acids is 1. The zero-order valence-electron chi connectivity index (χ0n) is 22.5. The summed E-state index contributed by atoms with van der Waals surface area (Å²) in [7, 11) is 0. The Balaban J connectivity index is 1.11. The van der Waals surface area contributed by atoms with E-state index < -0.39 is 30.3 Å². The lowest BCUT2D eigenvalue weighted by Gasteiger charge is -2.36. The van der Waals surface area contributed by atoms with Crippen molar-refractivity contribution in [3.8, 4) is 11.5 Å². The number of anilines is 2. The van der Waals surface area contributed by atoms with Gasteiger partial charge in [-0.2, -0.15) is 14.6 Å². The largest absolute Gasteiger partial charge is 0.463 e. The van der Waals surface area contributed by atoms with E-state index in [-0.39, 0.29) is 23.7 Å². The van der Waals surface area contributed by atoms with Crippen LogP contribution in [-0.2, 0) is 6.54 Å². The zero-order chi connectivity index (χ0) is 29.4. The summed E-state index contributed by atoms with van der Waals surface area (Å²) in [5.41, 5.74) is 8.65. The monoisotopic (exact) mass is 581 g/mol. The Hall–Kier alpha value is -4.60. The van der Waals surface area contributed by atoms with Crippen molar-refractivity contribution in [2.75, 3.05) is 56.5 Å². The molecule has 0 bridgehead atoms. The predicted octanol–water partition coefficient (Wildman–Crippen LogP) is 1.10. The maximum Gasteiger partial charge on any atom is 0.254 e. The highest BCUT2D eigenvalue weighted by molar-refractivity contribution is 5.95. The molecule has 1 aliphatic rings. The minimum atomic E-state index is -1.18. The Morgan fingerprint density at radius 3 is 2.69 bits per heavy atom. The van der Waals surface area contributed by atoms with Gasteiger partial charge in [0.15, 0.2) is 11.4 Å². The number of furan rings is 1. The molecule has 1 saturated heterocycles. The first kappa shape index (κ1) is 27.6. The van der Waals surface area contributed by atoms with Crippen molar-refractivity contribution in [3.05, 3.63) is 60.1 Å². The summed E-state index contributed by atoms with van der Waals surface area (Å²) in [6.07, 6.45) is 2.12. The predicted molar refractivity (Wildman–Crippen MR) is 149 cm³/mol. The Morgan fingerprint density at radius 1 is 1.14 bits per heavy atom. The van der Waals surface area contributed by atoms with Crippen molar-refractivity contribution in [2.45, 2.75) is 12.6 Å². The second-order valence-electron chi connectivity index (χ2n) is 10.0. The van der Waals surface area contributed by atoms with Gasteiger partial charge in [-0.05, 0) is 24.3 Å². The standard InChI is InChI=1S/C27H29F2N9O4/c28-18-11-19(29)21(10-17(18)26(41)31-13-16(40)14-39)36-6-3-35(4-7-36)5-8-37-15-32-24-22-12-20(23-2-1-9-42-23)34-38(22)27(30)33-25(24)37/h1-2,9-12,15-16,39-40H,3-8,13-14H2,(H2,30,33)(H,31,41). The van der Waals surface area contributed by atoms with Crippen molar-refractivity contribution in [3.63, 3.8) is 0 Å². The van der Waals surface area contributed by atoms with Crippen LogP contribution in [-0.4, -0.2) is 97.1 Å². The van der Waals surface area contributed by atoms with Crippen molar-refractivity contribution >= 4 is 34.2 Å². The van der Waals surface area contributed by atoms with Crippen LogP contribution >= 0.6 is 0 Å². The third-order valence-corrected chi connectivity index (χ3v) is 7.33. The van der Waals surface area contributed by atoms with Gasteiger partial charge in [-0.3, -0.25) is 9.69 Å². The van der Waals surface area contributed by atoms with Crippen LogP contribution in [0.5, 0.6) is 0 Å². The van der Waals surface area contributed by atoms with E-state index in [0.717, 1.165) is 5.52 Å². The van der Waals surface area contributed by atoms with Crippen LogP contribution in [0.2, 0.25) is 0 Å². The molecule has 1 amide bonds. The van der Waals surface area contributed by atoms with Crippen molar-refractivity contribution in [1.29, 1.82) is 0 Å². The normalized spacial score (nSPS) is 15.1. The Labute approximate surface area is 237 Å². The highest BCUT2D eigenvalue weighted by Crippen LogP contribution is 2.27. The molecule has 1 aliphatic heterocycles. The molecule has 1 fully saturated rings. The van der Waals surface area contributed by atoms with Crippen LogP contribution in [0, 0.1) is 11.6 Å². The van der Waals surface area contributed by atoms with Crippen LogP contribution < -0.4 is 16.0 Å². The van der Waals surface area contributed by atoms with E-state index in [4.69, 9.17) is 15.3 Å². The molecule has 4 aromatic heterocycles. The number of aliphatic hydroxyl groups excluding tert-OH is 2. The van der Waals surface area contributed by atoms with Gasteiger partial charge in [0, 0.05) is 51.9 Å². The molecular weight excluding hydrogens is 552 g/mol. The number of fused-ring (bicyclic) bond motifs is 3. The number of carbonyl (C=O) groups is 1. The summed E-state index contributed by atoms with van der Waals surface area (Å²) < 4.78 is 38.0. The number of nitrogens with one attached hydrogen (secondary N) is 1. The van der Waals surface area contributed by atoms with Gasteiger partial charge in [0.05, 0.1) is 36.6 Å². The Kier molecular flexibility index (Phi) is 7.45. The van der Waals surface area contributed by atoms with Gasteiger partial charge < -0.3 is 35.1 Å². The van der Waals surface area contributed by atoms with E-state index in [0.29, 0.717) is 68.0 Å². The summed E-state index contributed by atoms with van der Waals surface area (Å²) in [5, 5.41) is 25.2. The number of imidazole rings is 1. The molecule has 0 saturated carbocycles. The molecule has 0 radical (unpaired) electrons. The van der Waals surface area contributed by atoms with Crippen molar-refractivity contribution in [1.82, 2.24) is 34.4 Å². The summed E-state index contributed by atoms with van der Waals surface area (Å²) >= 11 is 0. The molecule has 42 heavy (non-hydrogen) atoms. The number of amides is 1. The van der Waals surface area contributed by atoms with E-state index in [1.807, 2.05) is 16.7 Å². The van der Waals surface area contributed by atoms with E-state index in [2.05, 4.69) is 25.3 Å². The fourth-order valence-corrected chi connectivity index (χ4v) is 5.05. The molecule has 220 valence electrons. The number of nitrogens with zero attached hydrogens (tertiary/aromatic N) is 7. The van der Waals surface area contributed by atoms with Crippen LogP contribution in [0.15, 0.2) is 47.3 Å². The van der Waals surface area contributed by atoms with E-state index >= 15 is 0 Å². The van der Waals surface area contributed by atoms with Crippen LogP contribution in [0.1, 0.15) is 10.4 Å². The number of halogens is 2. The maximum atomic E-state index is 14.7. The van der Waals surface area contributed by atoms with Crippen LogP contribution in [0.25, 0.3) is 28.1 Å². The average Bonchev–Trinajstić information content (AvgIpc) is 3.75. The smallest absolute Gasteiger partial charge is 0.254 e. The summed E-state index contributed by atoms with van der Waals surface area (Å²) in [6, 6.07) is 7.33. The summed E-state index contributed by atoms with van der Waals surface area (Å²) in [5.74, 6) is -1.72. The number of hydrogen-bond acceptors (Lipinski definition) is 10. The average molecular weight is 582 g/mol. The van der Waals surface area contributed by atoms with E-state index in [9.17, 15) is 18.7 Å². The number of piperazine rings is 1. The minimum Gasteiger partial charge on any atom is -0.463 e. The van der Waals surface area contributed by atoms with Crippen molar-refractivity contribution in [2.24, 2.45) is 0 Å². The number of rotatable bonds is 9. The molecule has 5 aromatic rings. The number of hydrogen-bond donors (Lipinski definition) is 4. The molecular formula is C27H29F2N9O4. The molecule has 1 atom stereocenters. The topological polar surface area (TPSA) is 163 Å². The van der Waals surface area contributed by atoms with Gasteiger partial charge in [0.25, 0.3) is 5.91 Å². The molecule has 6 rings (SSSR count). The highest BCUT2D eigenvalue weighted by Gasteiger charge is 2.24. The maximum absolute atomic E-state index is 14.7. The van der Waals surface area contributed by atoms with E-state index in [1.54, 1.807) is 28.1 Å². The SMILES string of the molecule is Nc1nc2c(ncn2CCN2CCN(c3cc(C(=O)NCC(O)CO)c(F)cc3F)CC2)c2cc(-c3ccco3)nn12. The summed E-state index contributed by atoms with van der Waals surface area (Å²) in [4.78, 5) is 25.5. The second-order valence-corrected chi connectivity index (χ2v) is 10.0. The first-order valence-electron chi connectivity index (χ1n) is 13.4. The fourth-order valence-electron chi connectivity index (χ4n) is 5.05. The zero-order valence-corrected chi connectivity index (χ0v) is 22.5. The molecule has 1 unspecified atom stereocenters. The third kappa shape index (κ3) is 5.24. The van der Waals surface area contributed by atoms with E-state index in [1.165, 1.54) is 6.07 Å². The minimum absolute atomic E-state index is 0.128. The molecule has 1 aromatic carbocycles. The van der Waals surface area contributed by atoms with Crippen LogP contribution in [0.4, 0.5) is 20.4 Å². The molecule has 13 nitrogen and oxygen atoms in total. The van der Waals surface area contributed by atoms with Gasteiger partial charge in [-0.1, -0.05) is 0 Å². The van der Waals surface area contributed by atoms with Crippen molar-refractivity contribution < 1.29 is 28.2 Å². The lowest BCUT2D eigenvalue weighted by molar-refractivity contribution is 0.0799. The number of benzene rings is 1. The van der Waals surface area contributed by atoms with Gasteiger partial charge in [-0.15, -0.1) is 0 Å². The quantitative estimate of drug-likeness (QED) is 0.198.